The molecule has 27 heavy (non-hydrogen) atoms. The lowest BCUT2D eigenvalue weighted by atomic mass is 9.87. The van der Waals surface area contributed by atoms with Crippen LogP contribution in [-0.2, 0) is 19.3 Å². The molecule has 0 radical (unpaired) electrons. The molecule has 0 aromatic carbocycles. The zero-order valence-corrected chi connectivity index (χ0v) is 16.9. The molecule has 3 aromatic rings. The zero-order valence-electron chi connectivity index (χ0n) is 16.9. The van der Waals surface area contributed by atoms with Crippen LogP contribution in [-0.4, -0.2) is 42.1 Å². The molecule has 6 heteroatoms. The molecule has 1 aliphatic carbocycles. The predicted octanol–water partition coefficient (Wildman–Crippen LogP) is 2.40. The third-order valence-corrected chi connectivity index (χ3v) is 5.33. The molecule has 4 rings (SSSR count). The van der Waals surface area contributed by atoms with Gasteiger partial charge >= 0.3 is 0 Å². The quantitative estimate of drug-likeness (QED) is 0.699. The number of aryl methyl sites for hydroxylation is 1. The highest BCUT2D eigenvalue weighted by atomic mass is 16.3. The van der Waals surface area contributed by atoms with E-state index in [9.17, 15) is 0 Å². The first-order valence-corrected chi connectivity index (χ1v) is 10.1. The Morgan fingerprint density at radius 1 is 1.15 bits per heavy atom. The van der Waals surface area contributed by atoms with Crippen molar-refractivity contribution in [1.82, 2.24) is 15.0 Å². The second-order valence-electron chi connectivity index (χ2n) is 8.39. The maximum Gasteiger partial charge on any atom is 0.229 e. The van der Waals surface area contributed by atoms with Gasteiger partial charge in [-0.3, -0.25) is 0 Å². The fraction of sp³-hybridized carbons (Fsp3) is 0.571. The number of likely N-dealkylation sites (N-methyl/N-ethyl adjacent to an activating group) is 1. The van der Waals surface area contributed by atoms with E-state index in [-0.39, 0.29) is 0 Å². The predicted molar refractivity (Wildman–Crippen MR) is 108 cm³/mol. The van der Waals surface area contributed by atoms with Gasteiger partial charge < -0.3 is 14.6 Å². The van der Waals surface area contributed by atoms with Crippen molar-refractivity contribution in [2.45, 2.75) is 46.0 Å². The van der Waals surface area contributed by atoms with Gasteiger partial charge in [-0.1, -0.05) is 13.8 Å². The molecule has 3 heterocycles. The minimum atomic E-state index is 0.580. The lowest BCUT2D eigenvalue weighted by molar-refractivity contribution is -0.856. The number of nitrogens with one attached hydrogen (secondary N) is 2. The number of aromatic nitrogens is 3. The Morgan fingerprint density at radius 3 is 2.67 bits per heavy atom. The lowest BCUT2D eigenvalue weighted by Crippen LogP contribution is -3.06. The van der Waals surface area contributed by atoms with E-state index < -0.39 is 0 Å². The van der Waals surface area contributed by atoms with Crippen LogP contribution in [0.25, 0.3) is 22.2 Å². The fourth-order valence-corrected chi connectivity index (χ4v) is 4.05. The number of hydrogen-bond donors (Lipinski definition) is 2. The van der Waals surface area contributed by atoms with E-state index in [0.717, 1.165) is 60.4 Å². The summed E-state index contributed by atoms with van der Waals surface area (Å²) in [5.74, 6) is 1.35. The van der Waals surface area contributed by atoms with Crippen molar-refractivity contribution in [3.63, 3.8) is 0 Å². The zero-order chi connectivity index (χ0) is 19.0. The smallest absolute Gasteiger partial charge is 0.229 e. The molecule has 3 aromatic heterocycles. The van der Waals surface area contributed by atoms with Gasteiger partial charge in [-0.2, -0.15) is 0 Å². The van der Waals surface area contributed by atoms with Gasteiger partial charge in [-0.25, -0.2) is 15.0 Å². The minimum Gasteiger partial charge on any atom is -0.432 e. The van der Waals surface area contributed by atoms with Crippen molar-refractivity contribution >= 4 is 28.0 Å². The number of furan rings is 1. The highest BCUT2D eigenvalue weighted by molar-refractivity contribution is 6.06. The molecular weight excluding hydrogens is 338 g/mol. The van der Waals surface area contributed by atoms with Crippen LogP contribution >= 0.6 is 0 Å². The monoisotopic (exact) mass is 368 g/mol. The molecule has 0 saturated carbocycles. The van der Waals surface area contributed by atoms with E-state index in [1.807, 2.05) is 0 Å². The maximum atomic E-state index is 6.22. The molecule has 0 atom stereocenters. The molecule has 0 saturated heterocycles. The van der Waals surface area contributed by atoms with Crippen LogP contribution in [0.15, 0.2) is 10.7 Å². The normalized spacial score (nSPS) is 14.4. The molecule has 0 bridgehead atoms. The summed E-state index contributed by atoms with van der Waals surface area (Å²) in [7, 11) is 4.29. The number of anilines is 1. The van der Waals surface area contributed by atoms with Crippen molar-refractivity contribution in [3.8, 4) is 0 Å². The van der Waals surface area contributed by atoms with Gasteiger partial charge in [0.05, 0.1) is 32.6 Å². The summed E-state index contributed by atoms with van der Waals surface area (Å²) >= 11 is 0. The average molecular weight is 369 g/mol. The van der Waals surface area contributed by atoms with Crippen molar-refractivity contribution in [3.05, 3.63) is 23.1 Å². The van der Waals surface area contributed by atoms with E-state index in [2.05, 4.69) is 43.2 Å². The number of hydrogen-bond acceptors (Lipinski definition) is 5. The Labute approximate surface area is 160 Å². The molecule has 0 aliphatic heterocycles. The third-order valence-electron chi connectivity index (χ3n) is 5.33. The standard InChI is InChI=1S/C21H29N5O/c1-13(2)11-16-14-7-5-6-8-15(14)17-18-19(27-21(17)25-16)20(24-12-23-18)22-9-10-26(3)4/h12-13H,5-11H2,1-4H3,(H,22,23,24)/p+1. The number of rotatable bonds is 6. The van der Waals surface area contributed by atoms with Gasteiger partial charge in [0.15, 0.2) is 11.4 Å². The molecule has 0 fully saturated rings. The largest absolute Gasteiger partial charge is 0.432 e. The van der Waals surface area contributed by atoms with Gasteiger partial charge in [-0.15, -0.1) is 0 Å². The second-order valence-corrected chi connectivity index (χ2v) is 8.39. The number of fused-ring (bicyclic) bond motifs is 5. The average Bonchev–Trinajstić information content (AvgIpc) is 3.00. The Balaban J connectivity index is 1.85. The summed E-state index contributed by atoms with van der Waals surface area (Å²) in [6.07, 6.45) is 7.31. The molecule has 144 valence electrons. The summed E-state index contributed by atoms with van der Waals surface area (Å²) in [6, 6.07) is 0. The van der Waals surface area contributed by atoms with Crippen LogP contribution < -0.4 is 10.2 Å². The molecule has 2 N–H and O–H groups in total. The first kappa shape index (κ1) is 18.2. The van der Waals surface area contributed by atoms with Crippen LogP contribution in [0.2, 0.25) is 0 Å². The van der Waals surface area contributed by atoms with Crippen molar-refractivity contribution < 1.29 is 9.32 Å². The Kier molecular flexibility index (Phi) is 5.00. The molecule has 0 unspecified atom stereocenters. The highest BCUT2D eigenvalue weighted by Gasteiger charge is 2.24. The van der Waals surface area contributed by atoms with E-state index >= 15 is 0 Å². The van der Waals surface area contributed by atoms with Gasteiger partial charge in [-0.05, 0) is 49.1 Å². The summed E-state index contributed by atoms with van der Waals surface area (Å²) in [5.41, 5.74) is 6.43. The van der Waals surface area contributed by atoms with E-state index in [1.54, 1.807) is 6.33 Å². The maximum absolute atomic E-state index is 6.22. The van der Waals surface area contributed by atoms with Gasteiger partial charge in [0.25, 0.3) is 0 Å². The molecule has 6 nitrogen and oxygen atoms in total. The molecular formula is C21H30N5O+. The van der Waals surface area contributed by atoms with Crippen LogP contribution in [0.5, 0.6) is 0 Å². The van der Waals surface area contributed by atoms with E-state index in [0.29, 0.717) is 5.92 Å². The Morgan fingerprint density at radius 2 is 1.93 bits per heavy atom. The first-order chi connectivity index (χ1) is 13.0. The Bertz CT molecular complexity index is 960. The summed E-state index contributed by atoms with van der Waals surface area (Å²) in [4.78, 5) is 15.4. The van der Waals surface area contributed by atoms with Gasteiger partial charge in [0, 0.05) is 5.69 Å². The Hall–Kier alpha value is -2.21. The van der Waals surface area contributed by atoms with Crippen molar-refractivity contribution in [2.75, 3.05) is 32.5 Å². The van der Waals surface area contributed by atoms with E-state index in [1.165, 1.54) is 34.6 Å². The molecule has 1 aliphatic rings. The summed E-state index contributed by atoms with van der Waals surface area (Å²) in [5, 5.41) is 4.52. The van der Waals surface area contributed by atoms with Crippen LogP contribution in [0, 0.1) is 5.92 Å². The van der Waals surface area contributed by atoms with Crippen molar-refractivity contribution in [2.24, 2.45) is 5.92 Å². The van der Waals surface area contributed by atoms with Crippen LogP contribution in [0.4, 0.5) is 5.82 Å². The van der Waals surface area contributed by atoms with Crippen LogP contribution in [0.1, 0.15) is 43.5 Å². The minimum absolute atomic E-state index is 0.580. The number of quaternary nitrogens is 1. The lowest BCUT2D eigenvalue weighted by Gasteiger charge is -2.20. The van der Waals surface area contributed by atoms with Crippen molar-refractivity contribution in [1.29, 1.82) is 0 Å². The van der Waals surface area contributed by atoms with Crippen LogP contribution in [0.3, 0.4) is 0 Å². The summed E-state index contributed by atoms with van der Waals surface area (Å²) in [6.45, 7) is 6.35. The summed E-state index contributed by atoms with van der Waals surface area (Å²) < 4.78 is 6.22. The fourth-order valence-electron chi connectivity index (χ4n) is 4.05. The molecule has 0 amide bonds. The van der Waals surface area contributed by atoms with E-state index in [4.69, 9.17) is 9.40 Å². The van der Waals surface area contributed by atoms with Gasteiger partial charge in [0.1, 0.15) is 11.8 Å². The molecule has 0 spiro atoms. The first-order valence-electron chi connectivity index (χ1n) is 10.1. The third kappa shape index (κ3) is 3.50. The topological polar surface area (TPSA) is 68.3 Å². The highest BCUT2D eigenvalue weighted by Crippen LogP contribution is 2.37. The number of nitrogens with zero attached hydrogens (tertiary/aromatic N) is 3. The second kappa shape index (κ2) is 7.43. The van der Waals surface area contributed by atoms with Gasteiger partial charge in [0.2, 0.25) is 5.71 Å². The SMILES string of the molecule is CC(C)Cc1nc2oc3c(NCC[NH+](C)C)ncnc3c2c2c1CCCC2. The number of pyridine rings is 1.